The molecule has 0 unspecified atom stereocenters. The van der Waals surface area contributed by atoms with Crippen molar-refractivity contribution in [3.8, 4) is 0 Å². The van der Waals surface area contributed by atoms with Gasteiger partial charge in [0, 0.05) is 11.6 Å². The lowest BCUT2D eigenvalue weighted by atomic mass is 9.90. The average Bonchev–Trinajstić information content (AvgIpc) is 2.29. The second-order valence-electron chi connectivity index (χ2n) is 5.79. The fourth-order valence-corrected chi connectivity index (χ4v) is 2.76. The molecule has 0 aliphatic carbocycles. The highest BCUT2D eigenvalue weighted by Gasteiger charge is 2.31. The van der Waals surface area contributed by atoms with E-state index in [9.17, 15) is 0 Å². The van der Waals surface area contributed by atoms with Crippen LogP contribution in [0, 0.1) is 0 Å². The van der Waals surface area contributed by atoms with Gasteiger partial charge in [-0.15, -0.1) is 0 Å². The quantitative estimate of drug-likeness (QED) is 0.687. The Hall–Kier alpha value is -0.820. The fraction of sp³-hybridized carbons (Fsp3) is 0.600. The molecule has 1 saturated heterocycles. The van der Waals surface area contributed by atoms with Gasteiger partial charge < -0.3 is 0 Å². The van der Waals surface area contributed by atoms with Gasteiger partial charge in [-0.25, -0.2) is 0 Å². The number of rotatable bonds is 1. The molecule has 1 atom stereocenters. The Balaban J connectivity index is 2.24. The third kappa shape index (κ3) is 2.46. The van der Waals surface area contributed by atoms with E-state index in [0.717, 1.165) is 0 Å². The van der Waals surface area contributed by atoms with Crippen LogP contribution in [0.3, 0.4) is 0 Å². The molecule has 1 aliphatic heterocycles. The number of hydrogen-bond donors (Lipinski definition) is 0. The summed E-state index contributed by atoms with van der Waals surface area (Å²) in [6.07, 6.45) is 4.02. The minimum atomic E-state index is 0.279. The minimum Gasteiger partial charge on any atom is -0.291 e. The molecule has 2 rings (SSSR count). The summed E-state index contributed by atoms with van der Waals surface area (Å²) in [4.78, 5) is 2.66. The first-order valence-electron chi connectivity index (χ1n) is 6.41. The lowest BCUT2D eigenvalue weighted by Gasteiger charge is -2.45. The lowest BCUT2D eigenvalue weighted by molar-refractivity contribution is 0.0509. The normalized spacial score (nSPS) is 23.3. The van der Waals surface area contributed by atoms with Gasteiger partial charge in [0.25, 0.3) is 0 Å². The van der Waals surface area contributed by atoms with E-state index in [1.54, 1.807) is 0 Å². The molecule has 0 spiro atoms. The van der Waals surface area contributed by atoms with Crippen LogP contribution in [0.15, 0.2) is 30.3 Å². The monoisotopic (exact) mass is 217 g/mol. The molecule has 0 saturated carbocycles. The predicted octanol–water partition coefficient (Wildman–Crippen LogP) is 4.01. The highest BCUT2D eigenvalue weighted by Crippen LogP contribution is 2.35. The van der Waals surface area contributed by atoms with Gasteiger partial charge in [-0.05, 0) is 45.7 Å². The third-order valence-corrected chi connectivity index (χ3v) is 3.55. The van der Waals surface area contributed by atoms with E-state index in [4.69, 9.17) is 0 Å². The lowest BCUT2D eigenvalue weighted by Crippen LogP contribution is -2.46. The van der Waals surface area contributed by atoms with Gasteiger partial charge in [-0.3, -0.25) is 4.90 Å². The maximum atomic E-state index is 2.66. The molecule has 0 N–H and O–H groups in total. The minimum absolute atomic E-state index is 0.279. The topological polar surface area (TPSA) is 3.24 Å². The molecule has 0 bridgehead atoms. The van der Waals surface area contributed by atoms with Gasteiger partial charge in [0.2, 0.25) is 0 Å². The maximum Gasteiger partial charge on any atom is 0.0353 e. The molecule has 1 aromatic rings. The number of piperidine rings is 1. The van der Waals surface area contributed by atoms with Gasteiger partial charge in [-0.1, -0.05) is 36.8 Å². The molecular weight excluding hydrogens is 194 g/mol. The largest absolute Gasteiger partial charge is 0.291 e. The van der Waals surface area contributed by atoms with Crippen molar-refractivity contribution >= 4 is 0 Å². The summed E-state index contributed by atoms with van der Waals surface area (Å²) in [7, 11) is 0. The van der Waals surface area contributed by atoms with Crippen LogP contribution in [0.4, 0.5) is 0 Å². The zero-order valence-corrected chi connectivity index (χ0v) is 10.7. The van der Waals surface area contributed by atoms with Crippen molar-refractivity contribution in [1.29, 1.82) is 0 Å². The zero-order valence-electron chi connectivity index (χ0n) is 10.7. The zero-order chi connectivity index (χ0) is 11.6. The molecule has 1 heterocycles. The van der Waals surface area contributed by atoms with Crippen LogP contribution in [0.25, 0.3) is 0 Å². The second-order valence-corrected chi connectivity index (χ2v) is 5.79. The molecule has 1 nitrogen and oxygen atoms in total. The van der Waals surface area contributed by atoms with Crippen LogP contribution in [0.5, 0.6) is 0 Å². The van der Waals surface area contributed by atoms with Gasteiger partial charge >= 0.3 is 0 Å². The van der Waals surface area contributed by atoms with Crippen molar-refractivity contribution < 1.29 is 0 Å². The first-order chi connectivity index (χ1) is 7.59. The summed E-state index contributed by atoms with van der Waals surface area (Å²) in [5.41, 5.74) is 1.76. The van der Waals surface area contributed by atoms with Crippen LogP contribution in [0.1, 0.15) is 51.6 Å². The molecular formula is C15H23N. The average molecular weight is 217 g/mol. The van der Waals surface area contributed by atoms with Crippen LogP contribution >= 0.6 is 0 Å². The number of benzene rings is 1. The molecule has 1 fully saturated rings. The molecule has 16 heavy (non-hydrogen) atoms. The van der Waals surface area contributed by atoms with Crippen LogP contribution in [-0.4, -0.2) is 17.0 Å². The summed E-state index contributed by atoms with van der Waals surface area (Å²) < 4.78 is 0. The van der Waals surface area contributed by atoms with Crippen LogP contribution in [0.2, 0.25) is 0 Å². The molecule has 88 valence electrons. The third-order valence-electron chi connectivity index (χ3n) is 3.55. The van der Waals surface area contributed by atoms with E-state index in [0.29, 0.717) is 6.04 Å². The fourth-order valence-electron chi connectivity index (χ4n) is 2.76. The van der Waals surface area contributed by atoms with Gasteiger partial charge in [-0.2, -0.15) is 0 Å². The first-order valence-corrected chi connectivity index (χ1v) is 6.41. The van der Waals surface area contributed by atoms with Crippen LogP contribution < -0.4 is 0 Å². The Morgan fingerprint density at radius 3 is 2.38 bits per heavy atom. The summed E-state index contributed by atoms with van der Waals surface area (Å²) in [5, 5.41) is 0. The number of hydrogen-bond acceptors (Lipinski definition) is 1. The van der Waals surface area contributed by atoms with Crippen molar-refractivity contribution in [2.75, 3.05) is 6.54 Å². The van der Waals surface area contributed by atoms with E-state index < -0.39 is 0 Å². The standard InChI is InChI=1S/C15H23N/c1-15(2,3)16-12-8-7-11-14(16)13-9-5-4-6-10-13/h4-6,9-10,14H,7-8,11-12H2,1-3H3/t14-/m1/s1. The van der Waals surface area contributed by atoms with Crippen molar-refractivity contribution in [3.05, 3.63) is 35.9 Å². The van der Waals surface area contributed by atoms with E-state index in [1.165, 1.54) is 31.4 Å². The molecule has 1 heteroatoms. The Morgan fingerprint density at radius 2 is 1.75 bits per heavy atom. The second kappa shape index (κ2) is 4.58. The molecule has 1 aromatic carbocycles. The van der Waals surface area contributed by atoms with E-state index >= 15 is 0 Å². The SMILES string of the molecule is CC(C)(C)N1CCCC[C@@H]1c1ccccc1. The highest BCUT2D eigenvalue weighted by atomic mass is 15.2. The van der Waals surface area contributed by atoms with Crippen molar-refractivity contribution in [3.63, 3.8) is 0 Å². The van der Waals surface area contributed by atoms with Crippen LogP contribution in [-0.2, 0) is 0 Å². The number of likely N-dealkylation sites (tertiary alicyclic amines) is 1. The van der Waals surface area contributed by atoms with E-state index in [2.05, 4.69) is 56.0 Å². The van der Waals surface area contributed by atoms with E-state index in [1.807, 2.05) is 0 Å². The maximum absolute atomic E-state index is 2.66. The van der Waals surface area contributed by atoms with Gasteiger partial charge in [0.15, 0.2) is 0 Å². The Kier molecular flexibility index (Phi) is 3.34. The summed E-state index contributed by atoms with van der Waals surface area (Å²) >= 11 is 0. The summed E-state index contributed by atoms with van der Waals surface area (Å²) in [6, 6.07) is 11.6. The highest BCUT2D eigenvalue weighted by molar-refractivity contribution is 5.20. The van der Waals surface area contributed by atoms with Gasteiger partial charge in [0.1, 0.15) is 0 Å². The predicted molar refractivity (Wildman–Crippen MR) is 69.5 cm³/mol. The number of nitrogens with zero attached hydrogens (tertiary/aromatic N) is 1. The smallest absolute Gasteiger partial charge is 0.0353 e. The summed E-state index contributed by atoms with van der Waals surface area (Å²) in [5.74, 6) is 0. The first kappa shape index (κ1) is 11.7. The van der Waals surface area contributed by atoms with E-state index in [-0.39, 0.29) is 5.54 Å². The van der Waals surface area contributed by atoms with Crippen molar-refractivity contribution in [1.82, 2.24) is 4.90 Å². The van der Waals surface area contributed by atoms with Crippen molar-refractivity contribution in [2.24, 2.45) is 0 Å². The molecule has 1 aliphatic rings. The van der Waals surface area contributed by atoms with Crippen molar-refractivity contribution in [2.45, 2.75) is 51.6 Å². The van der Waals surface area contributed by atoms with Gasteiger partial charge in [0.05, 0.1) is 0 Å². The Labute approximate surface area is 99.5 Å². The Bertz CT molecular complexity index is 323. The Morgan fingerprint density at radius 1 is 1.06 bits per heavy atom. The molecule has 0 radical (unpaired) electrons. The summed E-state index contributed by atoms with van der Waals surface area (Å²) in [6.45, 7) is 8.22. The molecule has 0 aromatic heterocycles. The molecule has 0 amide bonds.